The Bertz CT molecular complexity index is 437. The second kappa shape index (κ2) is 6.89. The fourth-order valence-corrected chi connectivity index (χ4v) is 2.53. The Morgan fingerprint density at radius 2 is 2.00 bits per heavy atom. The summed E-state index contributed by atoms with van der Waals surface area (Å²) in [6, 6.07) is 8.05. The van der Waals surface area contributed by atoms with Gasteiger partial charge in [-0.05, 0) is 49.8 Å². The minimum Gasteiger partial charge on any atom is -0.481 e. The van der Waals surface area contributed by atoms with Crippen molar-refractivity contribution in [3.63, 3.8) is 0 Å². The van der Waals surface area contributed by atoms with Crippen LogP contribution in [0.25, 0.3) is 0 Å². The summed E-state index contributed by atoms with van der Waals surface area (Å²) in [6.07, 6.45) is 3.95. The summed E-state index contributed by atoms with van der Waals surface area (Å²) in [6.45, 7) is 7.28. The van der Waals surface area contributed by atoms with E-state index in [9.17, 15) is 4.79 Å². The lowest BCUT2D eigenvalue weighted by Crippen LogP contribution is -2.26. The van der Waals surface area contributed by atoms with Gasteiger partial charge in [-0.3, -0.25) is 9.69 Å². The summed E-state index contributed by atoms with van der Waals surface area (Å²) >= 11 is 0. The van der Waals surface area contributed by atoms with Gasteiger partial charge in [-0.25, -0.2) is 0 Å². The number of hydrogen-bond acceptors (Lipinski definition) is 2. The Balaban J connectivity index is 1.95. The van der Waals surface area contributed by atoms with E-state index < -0.39 is 11.9 Å². The molecule has 1 aliphatic carbocycles. The fraction of sp³-hybridized carbons (Fsp3) is 0.588. The molecule has 0 spiro atoms. The third-order valence-corrected chi connectivity index (χ3v) is 4.01. The maximum absolute atomic E-state index is 11.0. The van der Waals surface area contributed by atoms with E-state index in [-0.39, 0.29) is 0 Å². The van der Waals surface area contributed by atoms with Gasteiger partial charge in [-0.1, -0.05) is 31.2 Å². The first-order valence-electron chi connectivity index (χ1n) is 7.64. The molecule has 0 amide bonds. The molecule has 1 aromatic rings. The molecule has 1 atom stereocenters. The van der Waals surface area contributed by atoms with E-state index in [1.165, 1.54) is 31.4 Å². The van der Waals surface area contributed by atoms with Crippen LogP contribution in [0.5, 0.6) is 0 Å². The van der Waals surface area contributed by atoms with E-state index in [2.05, 4.69) is 24.0 Å². The number of hydrogen-bond donors (Lipinski definition) is 1. The normalized spacial score (nSPS) is 16.4. The quantitative estimate of drug-likeness (QED) is 0.789. The minimum atomic E-state index is -0.765. The lowest BCUT2D eigenvalue weighted by Gasteiger charge is -2.21. The molecule has 3 nitrogen and oxygen atoms in total. The summed E-state index contributed by atoms with van der Waals surface area (Å²) < 4.78 is 0. The van der Waals surface area contributed by atoms with Crippen LogP contribution in [-0.2, 0) is 11.3 Å². The molecular formula is C17H25NO2. The summed E-state index contributed by atoms with van der Waals surface area (Å²) in [5.41, 5.74) is 2.16. The van der Waals surface area contributed by atoms with Crippen molar-refractivity contribution in [2.75, 3.05) is 13.1 Å². The largest absolute Gasteiger partial charge is 0.481 e. The molecule has 1 aromatic carbocycles. The van der Waals surface area contributed by atoms with Crippen LogP contribution in [0.4, 0.5) is 0 Å². The molecule has 1 unspecified atom stereocenters. The predicted molar refractivity (Wildman–Crippen MR) is 80.8 cm³/mol. The van der Waals surface area contributed by atoms with Crippen LogP contribution in [0.1, 0.15) is 50.2 Å². The number of aliphatic carboxylic acids is 1. The van der Waals surface area contributed by atoms with Crippen LogP contribution in [-0.4, -0.2) is 29.1 Å². The predicted octanol–water partition coefficient (Wildman–Crippen LogP) is 3.50. The molecule has 0 saturated heterocycles. The lowest BCUT2D eigenvalue weighted by molar-refractivity contribution is -0.138. The van der Waals surface area contributed by atoms with Gasteiger partial charge in [0.05, 0.1) is 5.92 Å². The molecule has 20 heavy (non-hydrogen) atoms. The summed E-state index contributed by atoms with van der Waals surface area (Å²) in [4.78, 5) is 13.5. The Kier molecular flexibility index (Phi) is 5.18. The zero-order chi connectivity index (χ0) is 14.5. The van der Waals surface area contributed by atoms with Gasteiger partial charge in [0, 0.05) is 13.1 Å². The molecule has 0 aliphatic heterocycles. The molecule has 0 bridgehead atoms. The second-order valence-corrected chi connectivity index (χ2v) is 5.98. The second-order valence-electron chi connectivity index (χ2n) is 5.98. The Hall–Kier alpha value is -1.35. The van der Waals surface area contributed by atoms with Crippen molar-refractivity contribution in [2.45, 2.75) is 45.6 Å². The molecule has 110 valence electrons. The third kappa shape index (κ3) is 4.34. The van der Waals surface area contributed by atoms with Gasteiger partial charge < -0.3 is 5.11 Å². The Labute approximate surface area is 121 Å². The van der Waals surface area contributed by atoms with Crippen molar-refractivity contribution in [1.29, 1.82) is 0 Å². The molecule has 0 heterocycles. The number of carboxylic acid groups (broad SMARTS) is 1. The zero-order valence-corrected chi connectivity index (χ0v) is 12.5. The Morgan fingerprint density at radius 1 is 1.35 bits per heavy atom. The monoisotopic (exact) mass is 275 g/mol. The Morgan fingerprint density at radius 3 is 2.50 bits per heavy atom. The van der Waals surface area contributed by atoms with Crippen LogP contribution in [0, 0.1) is 5.92 Å². The van der Waals surface area contributed by atoms with E-state index in [1.54, 1.807) is 6.92 Å². The van der Waals surface area contributed by atoms with E-state index >= 15 is 0 Å². The van der Waals surface area contributed by atoms with Gasteiger partial charge in [0.2, 0.25) is 0 Å². The minimum absolute atomic E-state index is 0.428. The molecule has 0 radical (unpaired) electrons. The van der Waals surface area contributed by atoms with Gasteiger partial charge in [0.25, 0.3) is 0 Å². The first-order chi connectivity index (χ1) is 9.60. The number of carbonyl (C=O) groups is 1. The summed E-state index contributed by atoms with van der Waals surface area (Å²) in [5.74, 6) is -0.283. The van der Waals surface area contributed by atoms with E-state index in [0.29, 0.717) is 0 Å². The standard InChI is InChI=1S/C17H25NO2/c1-3-10-18(11-14-4-5-14)12-15-6-8-16(9-7-15)13(2)17(19)20/h6-9,13-14H,3-5,10-12H2,1-2H3,(H,19,20). The molecule has 1 fully saturated rings. The summed E-state index contributed by atoms with van der Waals surface area (Å²) in [7, 11) is 0. The number of carboxylic acids is 1. The average Bonchev–Trinajstić information content (AvgIpc) is 3.23. The molecule has 2 rings (SSSR count). The van der Waals surface area contributed by atoms with Crippen molar-refractivity contribution in [2.24, 2.45) is 5.92 Å². The first kappa shape index (κ1) is 15.0. The molecule has 0 aromatic heterocycles. The van der Waals surface area contributed by atoms with Crippen LogP contribution < -0.4 is 0 Å². The lowest BCUT2D eigenvalue weighted by atomic mass is 10.00. The van der Waals surface area contributed by atoms with E-state index in [0.717, 1.165) is 24.6 Å². The van der Waals surface area contributed by atoms with Crippen molar-refractivity contribution < 1.29 is 9.90 Å². The highest BCUT2D eigenvalue weighted by Gasteiger charge is 2.24. The SMILES string of the molecule is CCCN(Cc1ccc(C(C)C(=O)O)cc1)CC1CC1. The molecule has 3 heteroatoms. The van der Waals surface area contributed by atoms with Crippen molar-refractivity contribution >= 4 is 5.97 Å². The van der Waals surface area contributed by atoms with E-state index in [4.69, 9.17) is 5.11 Å². The van der Waals surface area contributed by atoms with E-state index in [1.807, 2.05) is 12.1 Å². The highest BCUT2D eigenvalue weighted by Crippen LogP contribution is 2.30. The average molecular weight is 275 g/mol. The molecule has 1 N–H and O–H groups in total. The smallest absolute Gasteiger partial charge is 0.310 e. The van der Waals surface area contributed by atoms with Gasteiger partial charge in [-0.2, -0.15) is 0 Å². The van der Waals surface area contributed by atoms with Crippen LogP contribution in [0.2, 0.25) is 0 Å². The highest BCUT2D eigenvalue weighted by molar-refractivity contribution is 5.75. The van der Waals surface area contributed by atoms with Crippen molar-refractivity contribution in [3.8, 4) is 0 Å². The third-order valence-electron chi connectivity index (χ3n) is 4.01. The maximum Gasteiger partial charge on any atom is 0.310 e. The highest BCUT2D eigenvalue weighted by atomic mass is 16.4. The zero-order valence-electron chi connectivity index (χ0n) is 12.5. The van der Waals surface area contributed by atoms with Gasteiger partial charge in [-0.15, -0.1) is 0 Å². The van der Waals surface area contributed by atoms with Crippen molar-refractivity contribution in [3.05, 3.63) is 35.4 Å². The van der Waals surface area contributed by atoms with Crippen molar-refractivity contribution in [1.82, 2.24) is 4.90 Å². The van der Waals surface area contributed by atoms with Crippen LogP contribution in [0.3, 0.4) is 0 Å². The maximum atomic E-state index is 11.0. The summed E-state index contributed by atoms with van der Waals surface area (Å²) in [5, 5.41) is 9.02. The van der Waals surface area contributed by atoms with Gasteiger partial charge in [0.15, 0.2) is 0 Å². The number of rotatable bonds is 8. The molecule has 1 aliphatic rings. The number of nitrogens with zero attached hydrogens (tertiary/aromatic N) is 1. The van der Waals surface area contributed by atoms with Crippen LogP contribution >= 0.6 is 0 Å². The first-order valence-corrected chi connectivity index (χ1v) is 7.64. The topological polar surface area (TPSA) is 40.5 Å². The fourth-order valence-electron chi connectivity index (χ4n) is 2.53. The molecular weight excluding hydrogens is 250 g/mol. The van der Waals surface area contributed by atoms with Gasteiger partial charge in [0.1, 0.15) is 0 Å². The number of benzene rings is 1. The van der Waals surface area contributed by atoms with Gasteiger partial charge >= 0.3 is 5.97 Å². The van der Waals surface area contributed by atoms with Crippen LogP contribution in [0.15, 0.2) is 24.3 Å². The molecule has 1 saturated carbocycles.